The van der Waals surface area contributed by atoms with Gasteiger partial charge in [0.2, 0.25) is 0 Å². The van der Waals surface area contributed by atoms with Crippen molar-refractivity contribution in [2.24, 2.45) is 0 Å². The molecule has 8 aromatic rings. The summed E-state index contributed by atoms with van der Waals surface area (Å²) < 4.78 is 2.36. The normalized spacial score (nSPS) is 11.4. The second kappa shape index (κ2) is 9.58. The van der Waals surface area contributed by atoms with Crippen molar-refractivity contribution in [1.29, 1.82) is 0 Å². The molecular formula is C38H25N3. The first-order chi connectivity index (χ1) is 20.3. The van der Waals surface area contributed by atoms with Crippen LogP contribution in [-0.2, 0) is 0 Å². The topological polar surface area (TPSA) is 30.7 Å². The Hall–Kier alpha value is -5.54. The van der Waals surface area contributed by atoms with E-state index in [1.807, 2.05) is 0 Å². The van der Waals surface area contributed by atoms with Crippen molar-refractivity contribution in [2.45, 2.75) is 0 Å². The predicted molar refractivity (Wildman–Crippen MR) is 170 cm³/mol. The number of nitrogens with zero attached hydrogens (tertiary/aromatic N) is 3. The van der Waals surface area contributed by atoms with Gasteiger partial charge >= 0.3 is 0 Å². The lowest BCUT2D eigenvalue weighted by atomic mass is 9.91. The highest BCUT2D eigenvalue weighted by molar-refractivity contribution is 6.09. The quantitative estimate of drug-likeness (QED) is 0.230. The molecule has 0 amide bonds. The summed E-state index contributed by atoms with van der Waals surface area (Å²) in [6.07, 6.45) is 5.23. The summed E-state index contributed by atoms with van der Waals surface area (Å²) in [4.78, 5) is 8.67. The standard InChI is InChI=1S/C38H25N3/c1-3-13-36-33(9-1)34-10-2-4-14-37(34)41(36)30-21-19-27(20-22-30)32-12-6-8-29-7-5-11-31(38(29)32)26-15-17-28(18-16-26)35-25-39-23-24-40-35/h1-25H. The SMILES string of the molecule is c1cc(-c2ccc(-c3cnccn3)cc2)c2c(-c3ccc(-n4c5ccccc5c5ccccc54)cc3)cccc2c1. The van der Waals surface area contributed by atoms with Gasteiger partial charge in [-0.3, -0.25) is 9.97 Å². The van der Waals surface area contributed by atoms with Crippen molar-refractivity contribution in [3.8, 4) is 39.2 Å². The van der Waals surface area contributed by atoms with Crippen molar-refractivity contribution < 1.29 is 0 Å². The molecule has 0 saturated heterocycles. The van der Waals surface area contributed by atoms with Gasteiger partial charge in [0.25, 0.3) is 0 Å². The first-order valence-electron chi connectivity index (χ1n) is 13.8. The van der Waals surface area contributed by atoms with Crippen molar-refractivity contribution in [3.63, 3.8) is 0 Å². The van der Waals surface area contributed by atoms with Gasteiger partial charge in [-0.2, -0.15) is 0 Å². The Balaban J connectivity index is 1.24. The van der Waals surface area contributed by atoms with Crippen LogP contribution in [0.5, 0.6) is 0 Å². The van der Waals surface area contributed by atoms with E-state index in [9.17, 15) is 0 Å². The summed E-state index contributed by atoms with van der Waals surface area (Å²) >= 11 is 0. The maximum atomic E-state index is 4.45. The van der Waals surface area contributed by atoms with Crippen LogP contribution in [-0.4, -0.2) is 14.5 Å². The molecule has 2 aromatic heterocycles. The van der Waals surface area contributed by atoms with E-state index in [2.05, 4.69) is 148 Å². The lowest BCUT2D eigenvalue weighted by molar-refractivity contribution is 1.18. The van der Waals surface area contributed by atoms with Crippen LogP contribution in [0.2, 0.25) is 0 Å². The molecule has 3 nitrogen and oxygen atoms in total. The molecule has 0 N–H and O–H groups in total. The molecule has 0 aliphatic rings. The highest BCUT2D eigenvalue weighted by Crippen LogP contribution is 2.38. The zero-order valence-corrected chi connectivity index (χ0v) is 22.3. The molecule has 0 spiro atoms. The van der Waals surface area contributed by atoms with Crippen LogP contribution in [0, 0.1) is 0 Å². The third kappa shape index (κ3) is 3.90. The molecule has 6 aromatic carbocycles. The molecule has 0 unspecified atom stereocenters. The van der Waals surface area contributed by atoms with E-state index < -0.39 is 0 Å². The number of rotatable bonds is 4. The van der Waals surface area contributed by atoms with Crippen LogP contribution in [0.4, 0.5) is 0 Å². The van der Waals surface area contributed by atoms with Gasteiger partial charge in [0.15, 0.2) is 0 Å². The largest absolute Gasteiger partial charge is 0.309 e. The van der Waals surface area contributed by atoms with Gasteiger partial charge in [-0.05, 0) is 57.3 Å². The molecule has 192 valence electrons. The Morgan fingerprint density at radius 2 is 1.02 bits per heavy atom. The number of fused-ring (bicyclic) bond motifs is 4. The fraction of sp³-hybridized carbons (Fsp3) is 0. The maximum Gasteiger partial charge on any atom is 0.0885 e. The number of hydrogen-bond donors (Lipinski definition) is 0. The van der Waals surface area contributed by atoms with Crippen molar-refractivity contribution in [3.05, 3.63) is 152 Å². The molecule has 3 heteroatoms. The Morgan fingerprint density at radius 3 is 1.61 bits per heavy atom. The molecule has 0 aliphatic heterocycles. The molecule has 0 atom stereocenters. The van der Waals surface area contributed by atoms with Crippen molar-refractivity contribution in [2.75, 3.05) is 0 Å². The van der Waals surface area contributed by atoms with E-state index in [1.54, 1.807) is 18.6 Å². The number of aromatic nitrogens is 3. The molecular weight excluding hydrogens is 498 g/mol. The minimum Gasteiger partial charge on any atom is -0.309 e. The van der Waals surface area contributed by atoms with E-state index in [1.165, 1.54) is 54.8 Å². The predicted octanol–water partition coefficient (Wildman–Crippen LogP) is 9.73. The minimum atomic E-state index is 0.876. The van der Waals surface area contributed by atoms with Crippen molar-refractivity contribution >= 4 is 32.6 Å². The molecule has 0 radical (unpaired) electrons. The molecule has 0 bridgehead atoms. The fourth-order valence-corrected chi connectivity index (χ4v) is 6.08. The van der Waals surface area contributed by atoms with Crippen LogP contribution in [0.1, 0.15) is 0 Å². The highest BCUT2D eigenvalue weighted by atomic mass is 15.0. The second-order valence-electron chi connectivity index (χ2n) is 10.3. The third-order valence-corrected chi connectivity index (χ3v) is 7.98. The Labute approximate surface area is 238 Å². The van der Waals surface area contributed by atoms with Gasteiger partial charge < -0.3 is 4.57 Å². The fourth-order valence-electron chi connectivity index (χ4n) is 6.08. The van der Waals surface area contributed by atoms with E-state index >= 15 is 0 Å². The molecule has 8 rings (SSSR count). The zero-order chi connectivity index (χ0) is 27.2. The summed E-state index contributed by atoms with van der Waals surface area (Å²) in [5.41, 5.74) is 10.4. The Morgan fingerprint density at radius 1 is 0.463 bits per heavy atom. The Kier molecular flexibility index (Phi) is 5.46. The summed E-state index contributed by atoms with van der Waals surface area (Å²) in [6, 6.07) is 48.0. The first kappa shape index (κ1) is 23.4. The molecule has 2 heterocycles. The van der Waals surface area contributed by atoms with Gasteiger partial charge in [-0.1, -0.05) is 109 Å². The second-order valence-corrected chi connectivity index (χ2v) is 10.3. The third-order valence-electron chi connectivity index (χ3n) is 7.98. The van der Waals surface area contributed by atoms with E-state index in [0.717, 1.165) is 16.9 Å². The number of hydrogen-bond acceptors (Lipinski definition) is 2. The van der Waals surface area contributed by atoms with E-state index in [4.69, 9.17) is 0 Å². The number of para-hydroxylation sites is 2. The lowest BCUT2D eigenvalue weighted by Gasteiger charge is -2.14. The first-order valence-corrected chi connectivity index (χ1v) is 13.8. The van der Waals surface area contributed by atoms with Gasteiger partial charge in [0.05, 0.1) is 22.9 Å². The minimum absolute atomic E-state index is 0.876. The summed E-state index contributed by atoms with van der Waals surface area (Å²) in [5, 5.41) is 5.03. The van der Waals surface area contributed by atoms with Gasteiger partial charge in [0.1, 0.15) is 0 Å². The van der Waals surface area contributed by atoms with Crippen LogP contribution >= 0.6 is 0 Å². The molecule has 41 heavy (non-hydrogen) atoms. The van der Waals surface area contributed by atoms with Gasteiger partial charge in [-0.15, -0.1) is 0 Å². The van der Waals surface area contributed by atoms with Crippen LogP contribution in [0.15, 0.2) is 152 Å². The summed E-state index contributed by atoms with van der Waals surface area (Å²) in [7, 11) is 0. The molecule has 0 saturated carbocycles. The summed E-state index contributed by atoms with van der Waals surface area (Å²) in [5.74, 6) is 0. The lowest BCUT2D eigenvalue weighted by Crippen LogP contribution is -1.94. The van der Waals surface area contributed by atoms with Gasteiger partial charge in [-0.25, -0.2) is 0 Å². The smallest absolute Gasteiger partial charge is 0.0885 e. The van der Waals surface area contributed by atoms with Crippen LogP contribution in [0.3, 0.4) is 0 Å². The van der Waals surface area contributed by atoms with Crippen LogP contribution < -0.4 is 0 Å². The van der Waals surface area contributed by atoms with Crippen molar-refractivity contribution in [1.82, 2.24) is 14.5 Å². The molecule has 0 aliphatic carbocycles. The number of benzene rings is 6. The van der Waals surface area contributed by atoms with E-state index in [0.29, 0.717) is 0 Å². The monoisotopic (exact) mass is 523 g/mol. The van der Waals surface area contributed by atoms with Crippen LogP contribution in [0.25, 0.3) is 71.8 Å². The maximum absolute atomic E-state index is 4.45. The average Bonchev–Trinajstić information content (AvgIpc) is 3.39. The zero-order valence-electron chi connectivity index (χ0n) is 22.3. The average molecular weight is 524 g/mol. The summed E-state index contributed by atoms with van der Waals surface area (Å²) in [6.45, 7) is 0. The Bertz CT molecular complexity index is 2120. The highest BCUT2D eigenvalue weighted by Gasteiger charge is 2.13. The van der Waals surface area contributed by atoms with Gasteiger partial charge in [0, 0.05) is 34.4 Å². The van der Waals surface area contributed by atoms with E-state index in [-0.39, 0.29) is 0 Å². The molecule has 0 fully saturated rings.